The zero-order valence-electron chi connectivity index (χ0n) is 14.6. The van der Waals surface area contributed by atoms with E-state index in [1.165, 1.54) is 11.3 Å². The molecule has 3 heterocycles. The van der Waals surface area contributed by atoms with E-state index >= 15 is 0 Å². The fourth-order valence-corrected chi connectivity index (χ4v) is 4.02. The Morgan fingerprint density at radius 2 is 2.35 bits per heavy atom. The van der Waals surface area contributed by atoms with Crippen LogP contribution >= 0.6 is 11.3 Å². The maximum atomic E-state index is 13.0. The number of ether oxygens (including phenoxy) is 2. The number of thiazole rings is 1. The number of fused-ring (bicyclic) bond motifs is 1. The lowest BCUT2D eigenvalue weighted by Crippen LogP contribution is -2.37. The van der Waals surface area contributed by atoms with Crippen LogP contribution in [0.2, 0.25) is 0 Å². The number of methoxy groups -OCH3 is 1. The topological polar surface area (TPSA) is 77.7 Å². The van der Waals surface area contributed by atoms with Crippen molar-refractivity contribution in [3.05, 3.63) is 35.7 Å². The van der Waals surface area contributed by atoms with Gasteiger partial charge in [0.1, 0.15) is 11.3 Å². The third-order valence-electron chi connectivity index (χ3n) is 4.32. The lowest BCUT2D eigenvalue weighted by Gasteiger charge is -2.21. The SMILES string of the molecule is COc1cccc2sc(N(C[C@@H]3CCCO3)C(=O)c3cc(C)no3)nc12. The van der Waals surface area contributed by atoms with Crippen molar-refractivity contribution in [2.75, 3.05) is 25.2 Å². The standard InChI is InChI=1S/C18H19N3O4S/c1-11-9-14(25-20-11)17(22)21(10-12-5-4-8-24-12)18-19-16-13(23-2)6-3-7-15(16)26-18/h3,6-7,9,12H,4-5,8,10H2,1-2H3/t12-/m0/s1. The molecule has 2 aromatic heterocycles. The normalized spacial score (nSPS) is 16.9. The van der Waals surface area contributed by atoms with Gasteiger partial charge in [0.2, 0.25) is 5.76 Å². The number of aromatic nitrogens is 2. The van der Waals surface area contributed by atoms with E-state index in [1.807, 2.05) is 18.2 Å². The van der Waals surface area contributed by atoms with Gasteiger partial charge in [0, 0.05) is 12.7 Å². The molecule has 0 aliphatic carbocycles. The van der Waals surface area contributed by atoms with Crippen LogP contribution in [0.25, 0.3) is 10.2 Å². The molecule has 136 valence electrons. The minimum absolute atomic E-state index is 0.00289. The first-order valence-electron chi connectivity index (χ1n) is 8.46. The highest BCUT2D eigenvalue weighted by Crippen LogP contribution is 2.35. The van der Waals surface area contributed by atoms with Crippen molar-refractivity contribution in [3.8, 4) is 5.75 Å². The molecule has 26 heavy (non-hydrogen) atoms. The van der Waals surface area contributed by atoms with E-state index in [4.69, 9.17) is 14.0 Å². The van der Waals surface area contributed by atoms with Crippen LogP contribution in [0.1, 0.15) is 29.1 Å². The Morgan fingerprint density at radius 3 is 3.04 bits per heavy atom. The van der Waals surface area contributed by atoms with Crippen LogP contribution in [0.4, 0.5) is 5.13 Å². The lowest BCUT2D eigenvalue weighted by atomic mass is 10.2. The molecule has 1 atom stereocenters. The van der Waals surface area contributed by atoms with Crippen molar-refractivity contribution in [2.24, 2.45) is 0 Å². The van der Waals surface area contributed by atoms with Crippen LogP contribution in [0.5, 0.6) is 5.75 Å². The smallest absolute Gasteiger partial charge is 0.298 e. The number of anilines is 1. The van der Waals surface area contributed by atoms with Gasteiger partial charge in [0.25, 0.3) is 5.91 Å². The molecule has 0 N–H and O–H groups in total. The first-order valence-corrected chi connectivity index (χ1v) is 9.27. The second kappa shape index (κ2) is 7.05. The molecule has 1 aliphatic rings. The van der Waals surface area contributed by atoms with Crippen molar-refractivity contribution in [2.45, 2.75) is 25.9 Å². The van der Waals surface area contributed by atoms with Crippen LogP contribution in [-0.2, 0) is 4.74 Å². The Morgan fingerprint density at radius 1 is 1.46 bits per heavy atom. The molecule has 3 aromatic rings. The molecule has 1 fully saturated rings. The van der Waals surface area contributed by atoms with Crippen molar-refractivity contribution in [3.63, 3.8) is 0 Å². The van der Waals surface area contributed by atoms with E-state index in [1.54, 1.807) is 25.0 Å². The number of benzene rings is 1. The zero-order valence-corrected chi connectivity index (χ0v) is 15.4. The van der Waals surface area contributed by atoms with Gasteiger partial charge in [-0.1, -0.05) is 22.6 Å². The number of hydrogen-bond donors (Lipinski definition) is 0. The van der Waals surface area contributed by atoms with Gasteiger partial charge in [-0.2, -0.15) is 0 Å². The summed E-state index contributed by atoms with van der Waals surface area (Å²) >= 11 is 1.44. The average Bonchev–Trinajstić information content (AvgIpc) is 3.38. The maximum Gasteiger partial charge on any atom is 0.298 e. The molecule has 0 saturated carbocycles. The number of carbonyl (C=O) groups is 1. The molecule has 0 unspecified atom stereocenters. The second-order valence-corrected chi connectivity index (χ2v) is 7.20. The van der Waals surface area contributed by atoms with Crippen molar-refractivity contribution < 1.29 is 18.8 Å². The van der Waals surface area contributed by atoms with Gasteiger partial charge in [-0.3, -0.25) is 9.69 Å². The van der Waals surface area contributed by atoms with E-state index in [2.05, 4.69) is 10.1 Å². The predicted octanol–water partition coefficient (Wildman–Crippen LogP) is 3.43. The average molecular weight is 373 g/mol. The zero-order chi connectivity index (χ0) is 18.1. The molecule has 0 spiro atoms. The number of aryl methyl sites for hydroxylation is 1. The summed E-state index contributed by atoms with van der Waals surface area (Å²) in [5, 5.41) is 4.42. The minimum Gasteiger partial charge on any atom is -0.494 e. The van der Waals surface area contributed by atoms with Crippen LogP contribution < -0.4 is 9.64 Å². The molecule has 8 heteroatoms. The number of rotatable bonds is 5. The van der Waals surface area contributed by atoms with Gasteiger partial charge in [0.15, 0.2) is 5.13 Å². The first-order chi connectivity index (χ1) is 12.7. The number of nitrogens with zero attached hydrogens (tertiary/aromatic N) is 3. The van der Waals surface area contributed by atoms with Crippen molar-refractivity contribution >= 4 is 32.6 Å². The molecular formula is C18H19N3O4S. The first kappa shape index (κ1) is 17.0. The predicted molar refractivity (Wildman–Crippen MR) is 98.1 cm³/mol. The Balaban J connectivity index is 1.73. The van der Waals surface area contributed by atoms with Gasteiger partial charge in [-0.15, -0.1) is 0 Å². The largest absolute Gasteiger partial charge is 0.494 e. The summed E-state index contributed by atoms with van der Waals surface area (Å²) in [5.74, 6) is 0.621. The second-order valence-electron chi connectivity index (χ2n) is 6.19. The van der Waals surface area contributed by atoms with Gasteiger partial charge in [-0.25, -0.2) is 4.98 Å². The summed E-state index contributed by atoms with van der Waals surface area (Å²) in [6, 6.07) is 7.37. The van der Waals surface area contributed by atoms with Crippen LogP contribution in [0, 0.1) is 6.92 Å². The summed E-state index contributed by atoms with van der Waals surface area (Å²) in [5.41, 5.74) is 1.41. The maximum absolute atomic E-state index is 13.0. The highest BCUT2D eigenvalue weighted by atomic mass is 32.1. The third-order valence-corrected chi connectivity index (χ3v) is 5.36. The monoisotopic (exact) mass is 373 g/mol. The lowest BCUT2D eigenvalue weighted by molar-refractivity contribution is 0.0887. The molecule has 1 saturated heterocycles. The molecule has 7 nitrogen and oxygen atoms in total. The fraction of sp³-hybridized carbons (Fsp3) is 0.389. The van der Waals surface area contributed by atoms with Gasteiger partial charge >= 0.3 is 0 Å². The minimum atomic E-state index is -0.265. The van der Waals surface area contributed by atoms with Gasteiger partial charge in [-0.05, 0) is 31.9 Å². The Bertz CT molecular complexity index is 930. The van der Waals surface area contributed by atoms with Crippen LogP contribution in [0.3, 0.4) is 0 Å². The van der Waals surface area contributed by atoms with E-state index in [0.717, 1.165) is 29.7 Å². The molecule has 1 aliphatic heterocycles. The van der Waals surface area contributed by atoms with Gasteiger partial charge in [0.05, 0.1) is 30.2 Å². The van der Waals surface area contributed by atoms with Crippen LogP contribution in [0.15, 0.2) is 28.8 Å². The quantitative estimate of drug-likeness (QED) is 0.682. The Labute approximate surface area is 154 Å². The number of carbonyl (C=O) groups excluding carboxylic acids is 1. The summed E-state index contributed by atoms with van der Waals surface area (Å²) in [7, 11) is 1.61. The molecule has 0 bridgehead atoms. The fourth-order valence-electron chi connectivity index (χ4n) is 3.03. The number of amides is 1. The Hall–Kier alpha value is -2.45. The highest BCUT2D eigenvalue weighted by Gasteiger charge is 2.29. The van der Waals surface area contributed by atoms with E-state index in [9.17, 15) is 4.79 Å². The van der Waals surface area contributed by atoms with Crippen LogP contribution in [-0.4, -0.2) is 42.4 Å². The molecule has 1 amide bonds. The van der Waals surface area contributed by atoms with Crippen molar-refractivity contribution in [1.29, 1.82) is 0 Å². The highest BCUT2D eigenvalue weighted by molar-refractivity contribution is 7.22. The van der Waals surface area contributed by atoms with Crippen molar-refractivity contribution in [1.82, 2.24) is 10.1 Å². The van der Waals surface area contributed by atoms with E-state index in [0.29, 0.717) is 23.1 Å². The number of hydrogen-bond acceptors (Lipinski definition) is 7. The molecular weight excluding hydrogens is 354 g/mol. The van der Waals surface area contributed by atoms with Gasteiger partial charge < -0.3 is 14.0 Å². The summed E-state index contributed by atoms with van der Waals surface area (Å²) < 4.78 is 17.3. The number of para-hydroxylation sites is 1. The van der Waals surface area contributed by atoms with E-state index < -0.39 is 0 Å². The summed E-state index contributed by atoms with van der Waals surface area (Å²) in [6.45, 7) is 2.94. The molecule has 4 rings (SSSR count). The molecule has 1 aromatic carbocycles. The molecule has 0 radical (unpaired) electrons. The Kier molecular flexibility index (Phi) is 4.60. The third kappa shape index (κ3) is 3.17. The summed E-state index contributed by atoms with van der Waals surface area (Å²) in [4.78, 5) is 19.3. The summed E-state index contributed by atoms with van der Waals surface area (Å²) in [6.07, 6.45) is 1.92. The van der Waals surface area contributed by atoms with E-state index in [-0.39, 0.29) is 17.8 Å².